The van der Waals surface area contributed by atoms with E-state index in [1.165, 1.54) is 12.1 Å². The van der Waals surface area contributed by atoms with Crippen molar-refractivity contribution in [2.24, 2.45) is 5.10 Å². The number of carbonyl (C=O) groups is 1. The summed E-state index contributed by atoms with van der Waals surface area (Å²) in [6.07, 6.45) is 1.55. The predicted molar refractivity (Wildman–Crippen MR) is 81.1 cm³/mol. The minimum absolute atomic E-state index is 0.0182. The fraction of sp³-hybridized carbons (Fsp3) is 0. The summed E-state index contributed by atoms with van der Waals surface area (Å²) in [6, 6.07) is 11.8. The quantitative estimate of drug-likeness (QED) is 0.659. The molecular weight excluding hydrogens is 299 g/mol. The first-order valence-electron chi connectivity index (χ1n) is 5.64. The molecule has 0 heterocycles. The van der Waals surface area contributed by atoms with E-state index in [0.717, 1.165) is 5.56 Å². The molecular formula is C14H10Cl2N2O2. The van der Waals surface area contributed by atoms with E-state index in [1.54, 1.807) is 18.3 Å². The molecule has 2 aromatic carbocycles. The predicted octanol–water partition coefficient (Wildman–Crippen LogP) is 4.14. The third-order valence-electron chi connectivity index (χ3n) is 2.50. The lowest BCUT2D eigenvalue weighted by Gasteiger charge is -2.03. The number of hydrogen-bond donors (Lipinski definition) is 2. The van der Waals surface area contributed by atoms with Crippen LogP contribution in [0.3, 0.4) is 0 Å². The van der Waals surface area contributed by atoms with E-state index in [4.69, 9.17) is 28.3 Å². The molecule has 102 valence electrons. The maximum absolute atomic E-state index is 10.9. The fourth-order valence-corrected chi connectivity index (χ4v) is 1.90. The second-order valence-corrected chi connectivity index (χ2v) is 4.71. The molecule has 4 nitrogen and oxygen atoms in total. The first kappa shape index (κ1) is 14.4. The van der Waals surface area contributed by atoms with Gasteiger partial charge in [-0.1, -0.05) is 41.4 Å². The molecule has 0 aliphatic heterocycles. The number of hydrogen-bond acceptors (Lipinski definition) is 3. The number of anilines is 1. The SMILES string of the molecule is O=C(O)c1cc(NN=Cc2ccccc2Cl)ccc1Cl. The summed E-state index contributed by atoms with van der Waals surface area (Å²) in [7, 11) is 0. The van der Waals surface area contributed by atoms with Crippen molar-refractivity contribution in [1.29, 1.82) is 0 Å². The summed E-state index contributed by atoms with van der Waals surface area (Å²) in [4.78, 5) is 10.9. The van der Waals surface area contributed by atoms with Crippen molar-refractivity contribution in [1.82, 2.24) is 0 Å². The zero-order valence-corrected chi connectivity index (χ0v) is 11.7. The largest absolute Gasteiger partial charge is 0.478 e. The van der Waals surface area contributed by atoms with E-state index in [1.807, 2.05) is 18.2 Å². The van der Waals surface area contributed by atoms with Gasteiger partial charge in [-0.25, -0.2) is 4.79 Å². The Hall–Kier alpha value is -2.04. The van der Waals surface area contributed by atoms with Crippen molar-refractivity contribution in [3.8, 4) is 0 Å². The molecule has 0 amide bonds. The first-order chi connectivity index (χ1) is 9.58. The Balaban J connectivity index is 2.14. The van der Waals surface area contributed by atoms with Gasteiger partial charge in [0.05, 0.1) is 22.5 Å². The molecule has 0 spiro atoms. The van der Waals surface area contributed by atoms with Crippen LogP contribution in [0.2, 0.25) is 10.0 Å². The van der Waals surface area contributed by atoms with Crippen molar-refractivity contribution in [2.45, 2.75) is 0 Å². The van der Waals surface area contributed by atoms with Crippen molar-refractivity contribution >= 4 is 41.1 Å². The van der Waals surface area contributed by atoms with E-state index in [9.17, 15) is 4.79 Å². The van der Waals surface area contributed by atoms with E-state index >= 15 is 0 Å². The first-order valence-corrected chi connectivity index (χ1v) is 6.40. The van der Waals surface area contributed by atoms with Gasteiger partial charge in [0.1, 0.15) is 0 Å². The van der Waals surface area contributed by atoms with Crippen LogP contribution in [0, 0.1) is 0 Å². The molecule has 0 aliphatic rings. The Morgan fingerprint density at radius 1 is 1.15 bits per heavy atom. The van der Waals surface area contributed by atoms with Crippen molar-refractivity contribution in [2.75, 3.05) is 5.43 Å². The van der Waals surface area contributed by atoms with Gasteiger partial charge in [-0.2, -0.15) is 5.10 Å². The number of aromatic carboxylic acids is 1. The number of hydrazone groups is 1. The second-order valence-electron chi connectivity index (χ2n) is 3.89. The third-order valence-corrected chi connectivity index (χ3v) is 3.17. The van der Waals surface area contributed by atoms with Gasteiger partial charge in [-0.3, -0.25) is 5.43 Å². The zero-order chi connectivity index (χ0) is 14.5. The van der Waals surface area contributed by atoms with Gasteiger partial charge in [0.15, 0.2) is 0 Å². The van der Waals surface area contributed by atoms with Crippen LogP contribution >= 0.6 is 23.2 Å². The number of nitrogens with one attached hydrogen (secondary N) is 1. The van der Waals surface area contributed by atoms with Gasteiger partial charge < -0.3 is 5.11 Å². The summed E-state index contributed by atoms with van der Waals surface area (Å²) in [5, 5.41) is 13.7. The Kier molecular flexibility index (Phi) is 4.61. The Morgan fingerprint density at radius 2 is 1.90 bits per heavy atom. The van der Waals surface area contributed by atoms with Gasteiger partial charge in [-0.15, -0.1) is 0 Å². The number of carboxylic acid groups (broad SMARTS) is 1. The number of carboxylic acids is 1. The minimum atomic E-state index is -1.09. The number of nitrogens with zero attached hydrogens (tertiary/aromatic N) is 1. The summed E-state index contributed by atoms with van der Waals surface area (Å²) in [6.45, 7) is 0. The standard InChI is InChI=1S/C14H10Cl2N2O2/c15-12-4-2-1-3-9(12)8-17-18-10-5-6-13(16)11(7-10)14(19)20/h1-8,18H,(H,19,20). The molecule has 6 heteroatoms. The monoisotopic (exact) mass is 308 g/mol. The van der Waals surface area contributed by atoms with Crippen molar-refractivity contribution in [3.05, 3.63) is 63.6 Å². The van der Waals surface area contributed by atoms with Crippen molar-refractivity contribution in [3.63, 3.8) is 0 Å². The number of benzene rings is 2. The van der Waals surface area contributed by atoms with Crippen LogP contribution in [-0.2, 0) is 0 Å². The Morgan fingerprint density at radius 3 is 2.60 bits per heavy atom. The highest BCUT2D eigenvalue weighted by Gasteiger charge is 2.08. The summed E-state index contributed by atoms with van der Waals surface area (Å²) >= 11 is 11.8. The van der Waals surface area contributed by atoms with Crippen molar-refractivity contribution < 1.29 is 9.90 Å². The maximum atomic E-state index is 10.9. The molecule has 0 saturated carbocycles. The third kappa shape index (κ3) is 3.50. The molecule has 20 heavy (non-hydrogen) atoms. The molecule has 0 aliphatic carbocycles. The zero-order valence-electron chi connectivity index (χ0n) is 10.2. The van der Waals surface area contributed by atoms with Crippen LogP contribution in [0.25, 0.3) is 0 Å². The molecule has 0 bridgehead atoms. The van der Waals surface area contributed by atoms with Crippen LogP contribution in [0.15, 0.2) is 47.6 Å². The van der Waals surface area contributed by atoms with Gasteiger partial charge in [0, 0.05) is 10.6 Å². The molecule has 2 N–H and O–H groups in total. The number of halogens is 2. The van der Waals surface area contributed by atoms with E-state index < -0.39 is 5.97 Å². The highest BCUT2D eigenvalue weighted by atomic mass is 35.5. The highest BCUT2D eigenvalue weighted by Crippen LogP contribution is 2.20. The van der Waals surface area contributed by atoms with E-state index in [0.29, 0.717) is 10.7 Å². The van der Waals surface area contributed by atoms with Crippen LogP contribution in [-0.4, -0.2) is 17.3 Å². The summed E-state index contributed by atoms with van der Waals surface area (Å²) < 4.78 is 0. The summed E-state index contributed by atoms with van der Waals surface area (Å²) in [5.74, 6) is -1.09. The van der Waals surface area contributed by atoms with E-state index in [2.05, 4.69) is 10.5 Å². The van der Waals surface area contributed by atoms with Crippen LogP contribution in [0.4, 0.5) is 5.69 Å². The second kappa shape index (κ2) is 6.41. The van der Waals surface area contributed by atoms with E-state index in [-0.39, 0.29) is 10.6 Å². The lowest BCUT2D eigenvalue weighted by Crippen LogP contribution is -1.99. The van der Waals surface area contributed by atoms with Crippen LogP contribution in [0.1, 0.15) is 15.9 Å². The van der Waals surface area contributed by atoms with Gasteiger partial charge >= 0.3 is 5.97 Å². The minimum Gasteiger partial charge on any atom is -0.478 e. The van der Waals surface area contributed by atoms with Gasteiger partial charge in [0.2, 0.25) is 0 Å². The molecule has 0 fully saturated rings. The normalized spacial score (nSPS) is 10.7. The highest BCUT2D eigenvalue weighted by molar-refractivity contribution is 6.33. The Bertz CT molecular complexity index is 672. The average Bonchev–Trinajstić information content (AvgIpc) is 2.42. The van der Waals surface area contributed by atoms with Crippen LogP contribution in [0.5, 0.6) is 0 Å². The molecule has 0 radical (unpaired) electrons. The Labute approximate surface area is 125 Å². The molecule has 0 atom stereocenters. The van der Waals surface area contributed by atoms with Gasteiger partial charge in [-0.05, 0) is 24.3 Å². The smallest absolute Gasteiger partial charge is 0.337 e. The average molecular weight is 309 g/mol. The maximum Gasteiger partial charge on any atom is 0.337 e. The molecule has 0 unspecified atom stereocenters. The molecule has 2 aromatic rings. The molecule has 0 saturated heterocycles. The molecule has 0 aromatic heterocycles. The topological polar surface area (TPSA) is 61.7 Å². The van der Waals surface area contributed by atoms with Gasteiger partial charge in [0.25, 0.3) is 0 Å². The molecule has 2 rings (SSSR count). The summed E-state index contributed by atoms with van der Waals surface area (Å²) in [5.41, 5.74) is 4.03. The van der Waals surface area contributed by atoms with Crippen LogP contribution < -0.4 is 5.43 Å². The number of rotatable bonds is 4. The lowest BCUT2D eigenvalue weighted by atomic mass is 10.2. The lowest BCUT2D eigenvalue weighted by molar-refractivity contribution is 0.0697. The fourth-order valence-electron chi connectivity index (χ4n) is 1.51.